The molecule has 8 heteroatoms. The fourth-order valence-corrected chi connectivity index (χ4v) is 4.54. The average Bonchev–Trinajstić information content (AvgIpc) is 3.46. The minimum absolute atomic E-state index is 0.140. The molecule has 0 aromatic heterocycles. The van der Waals surface area contributed by atoms with E-state index < -0.39 is 10.0 Å². The van der Waals surface area contributed by atoms with Gasteiger partial charge in [-0.15, -0.1) is 0 Å². The molecule has 0 bridgehead atoms. The van der Waals surface area contributed by atoms with Crippen LogP contribution < -0.4 is 19.1 Å². The summed E-state index contributed by atoms with van der Waals surface area (Å²) in [6, 6.07) is 9.74. The van der Waals surface area contributed by atoms with Gasteiger partial charge in [-0.25, -0.2) is 8.42 Å². The molecule has 0 radical (unpaired) electrons. The van der Waals surface area contributed by atoms with Gasteiger partial charge in [0.1, 0.15) is 0 Å². The third-order valence-electron chi connectivity index (χ3n) is 5.09. The van der Waals surface area contributed by atoms with Crippen molar-refractivity contribution in [2.24, 2.45) is 5.92 Å². The molecule has 0 atom stereocenters. The Labute approximate surface area is 164 Å². The van der Waals surface area contributed by atoms with Gasteiger partial charge in [0.05, 0.1) is 24.8 Å². The number of methoxy groups -OCH3 is 2. The first-order valence-electron chi connectivity index (χ1n) is 9.12. The number of anilines is 2. The van der Waals surface area contributed by atoms with Gasteiger partial charge in [-0.05, 0) is 55.2 Å². The number of ether oxygens (including phenoxy) is 2. The lowest BCUT2D eigenvalue weighted by atomic mass is 10.2. The maximum Gasteiger partial charge on any atom is 0.261 e. The van der Waals surface area contributed by atoms with Crippen molar-refractivity contribution in [1.29, 1.82) is 0 Å². The number of carbonyl (C=O) groups excluding carboxylic acids is 1. The maximum absolute atomic E-state index is 12.8. The molecule has 1 amide bonds. The van der Waals surface area contributed by atoms with Crippen LogP contribution in [0.25, 0.3) is 0 Å². The van der Waals surface area contributed by atoms with E-state index in [-0.39, 0.29) is 16.7 Å². The molecular weight excluding hydrogens is 380 g/mol. The molecule has 4 rings (SSSR count). The Hall–Kier alpha value is -2.74. The third-order valence-corrected chi connectivity index (χ3v) is 6.46. The zero-order valence-corrected chi connectivity index (χ0v) is 16.6. The lowest BCUT2D eigenvalue weighted by molar-refractivity contribution is -0.119. The first-order valence-corrected chi connectivity index (χ1v) is 10.6. The zero-order valence-electron chi connectivity index (χ0n) is 15.8. The second-order valence-corrected chi connectivity index (χ2v) is 8.66. The Kier molecular flexibility index (Phi) is 4.66. The van der Waals surface area contributed by atoms with Crippen LogP contribution in [0.15, 0.2) is 41.3 Å². The van der Waals surface area contributed by atoms with E-state index >= 15 is 0 Å². The van der Waals surface area contributed by atoms with Crippen molar-refractivity contribution in [2.45, 2.75) is 24.2 Å². The third kappa shape index (κ3) is 3.40. The van der Waals surface area contributed by atoms with Crippen LogP contribution in [0.3, 0.4) is 0 Å². The van der Waals surface area contributed by atoms with Crippen LogP contribution in [0.1, 0.15) is 18.4 Å². The number of fused-ring (bicyclic) bond motifs is 1. The lowest BCUT2D eigenvalue weighted by Crippen LogP contribution is -2.30. The Balaban J connectivity index is 1.58. The summed E-state index contributed by atoms with van der Waals surface area (Å²) in [4.78, 5) is 14.3. The number of amides is 1. The molecule has 1 aliphatic carbocycles. The SMILES string of the molecule is COc1ccc(NS(=O)(=O)c2ccc3c(c2)CCN3C(=O)C2CC2)cc1OC. The predicted octanol–water partition coefficient (Wildman–Crippen LogP) is 2.80. The zero-order chi connectivity index (χ0) is 19.9. The van der Waals surface area contributed by atoms with Crippen LogP contribution in [0.2, 0.25) is 0 Å². The molecule has 28 heavy (non-hydrogen) atoms. The summed E-state index contributed by atoms with van der Waals surface area (Å²) in [5.74, 6) is 1.24. The standard InChI is InChI=1S/C20H22N2O5S/c1-26-18-8-5-15(12-19(18)27-2)21-28(24,25)16-6-7-17-14(11-16)9-10-22(17)20(23)13-3-4-13/h5-8,11-13,21H,3-4,9-10H2,1-2H3. The lowest BCUT2D eigenvalue weighted by Gasteiger charge is -2.17. The molecule has 148 valence electrons. The molecule has 1 saturated carbocycles. The van der Waals surface area contributed by atoms with Crippen LogP contribution in [0.4, 0.5) is 11.4 Å². The van der Waals surface area contributed by atoms with Crippen molar-refractivity contribution >= 4 is 27.3 Å². The van der Waals surface area contributed by atoms with Crippen molar-refractivity contribution in [3.63, 3.8) is 0 Å². The summed E-state index contributed by atoms with van der Waals surface area (Å²) in [6.07, 6.45) is 2.56. The Bertz CT molecular complexity index is 1030. The van der Waals surface area contributed by atoms with Crippen LogP contribution in [-0.2, 0) is 21.2 Å². The predicted molar refractivity (Wildman–Crippen MR) is 106 cm³/mol. The molecule has 0 unspecified atom stereocenters. The summed E-state index contributed by atoms with van der Waals surface area (Å²) >= 11 is 0. The maximum atomic E-state index is 12.8. The highest BCUT2D eigenvalue weighted by Gasteiger charge is 2.36. The van der Waals surface area contributed by atoms with Crippen LogP contribution in [0, 0.1) is 5.92 Å². The molecule has 2 aromatic carbocycles. The highest BCUT2D eigenvalue weighted by Crippen LogP contribution is 2.37. The van der Waals surface area contributed by atoms with Gasteiger partial charge in [0, 0.05) is 24.2 Å². The van der Waals surface area contributed by atoms with Gasteiger partial charge in [-0.2, -0.15) is 0 Å². The van der Waals surface area contributed by atoms with E-state index in [9.17, 15) is 13.2 Å². The monoisotopic (exact) mass is 402 g/mol. The number of rotatable bonds is 6. The van der Waals surface area contributed by atoms with E-state index in [1.54, 1.807) is 41.3 Å². The average molecular weight is 402 g/mol. The normalized spacial score (nSPS) is 15.9. The molecule has 0 saturated heterocycles. The summed E-state index contributed by atoms with van der Waals surface area (Å²) in [6.45, 7) is 0.608. The van der Waals surface area contributed by atoms with Gasteiger partial charge < -0.3 is 14.4 Å². The van der Waals surface area contributed by atoms with E-state index in [0.29, 0.717) is 30.2 Å². The minimum Gasteiger partial charge on any atom is -0.493 e. The fraction of sp³-hybridized carbons (Fsp3) is 0.350. The fourth-order valence-electron chi connectivity index (χ4n) is 3.44. The molecule has 1 fully saturated rings. The van der Waals surface area contributed by atoms with Gasteiger partial charge in [-0.3, -0.25) is 9.52 Å². The van der Waals surface area contributed by atoms with E-state index in [1.807, 2.05) is 0 Å². The molecule has 1 N–H and O–H groups in total. The second-order valence-electron chi connectivity index (χ2n) is 6.98. The second kappa shape index (κ2) is 7.01. The molecular formula is C20H22N2O5S. The number of benzene rings is 2. The smallest absolute Gasteiger partial charge is 0.261 e. The molecule has 1 heterocycles. The van der Waals surface area contributed by atoms with E-state index in [1.165, 1.54) is 14.2 Å². The minimum atomic E-state index is -3.77. The largest absolute Gasteiger partial charge is 0.493 e. The molecule has 7 nitrogen and oxygen atoms in total. The summed E-state index contributed by atoms with van der Waals surface area (Å²) in [5.41, 5.74) is 2.08. The van der Waals surface area contributed by atoms with Crippen molar-refractivity contribution in [2.75, 3.05) is 30.4 Å². The van der Waals surface area contributed by atoms with Gasteiger partial charge in [0.2, 0.25) is 5.91 Å². The molecule has 2 aliphatic rings. The van der Waals surface area contributed by atoms with Crippen molar-refractivity contribution in [3.05, 3.63) is 42.0 Å². The Morgan fingerprint density at radius 2 is 1.82 bits per heavy atom. The van der Waals surface area contributed by atoms with Crippen LogP contribution in [-0.4, -0.2) is 35.1 Å². The number of hydrogen-bond acceptors (Lipinski definition) is 5. The summed E-state index contributed by atoms with van der Waals surface area (Å²) in [7, 11) is -0.762. The number of carbonyl (C=O) groups is 1. The Morgan fingerprint density at radius 1 is 1.07 bits per heavy atom. The van der Waals surface area contributed by atoms with Crippen LogP contribution >= 0.6 is 0 Å². The molecule has 0 spiro atoms. The summed E-state index contributed by atoms with van der Waals surface area (Å²) < 4.78 is 38.6. The van der Waals surface area contributed by atoms with E-state index in [4.69, 9.17) is 9.47 Å². The van der Waals surface area contributed by atoms with Crippen molar-refractivity contribution in [1.82, 2.24) is 0 Å². The van der Waals surface area contributed by atoms with Gasteiger partial charge in [0.25, 0.3) is 10.0 Å². The quantitative estimate of drug-likeness (QED) is 0.803. The summed E-state index contributed by atoms with van der Waals surface area (Å²) in [5, 5.41) is 0. The Morgan fingerprint density at radius 3 is 2.50 bits per heavy atom. The van der Waals surface area contributed by atoms with Crippen LogP contribution in [0.5, 0.6) is 11.5 Å². The topological polar surface area (TPSA) is 84.9 Å². The molecule has 1 aliphatic heterocycles. The number of hydrogen-bond donors (Lipinski definition) is 1. The van der Waals surface area contributed by atoms with Gasteiger partial charge in [-0.1, -0.05) is 0 Å². The highest BCUT2D eigenvalue weighted by atomic mass is 32.2. The number of nitrogens with zero attached hydrogens (tertiary/aromatic N) is 1. The van der Waals surface area contributed by atoms with E-state index in [0.717, 1.165) is 24.1 Å². The van der Waals surface area contributed by atoms with Gasteiger partial charge in [0.15, 0.2) is 11.5 Å². The number of sulfonamides is 1. The first-order chi connectivity index (χ1) is 13.4. The van der Waals surface area contributed by atoms with Crippen molar-refractivity contribution in [3.8, 4) is 11.5 Å². The van der Waals surface area contributed by atoms with E-state index in [2.05, 4.69) is 4.72 Å². The van der Waals surface area contributed by atoms with Gasteiger partial charge >= 0.3 is 0 Å². The van der Waals surface area contributed by atoms with Crippen molar-refractivity contribution < 1.29 is 22.7 Å². The molecule has 2 aromatic rings. The first kappa shape index (κ1) is 18.6. The highest BCUT2D eigenvalue weighted by molar-refractivity contribution is 7.92. The number of nitrogens with one attached hydrogen (secondary N) is 1.